The van der Waals surface area contributed by atoms with Gasteiger partial charge in [-0.05, 0) is 35.9 Å². The van der Waals surface area contributed by atoms with Gasteiger partial charge in [0, 0.05) is 28.3 Å². The standard InChI is InChI=1S/C16H13BrClN3O2S/c17-11-7-13-15(4-5-20-16(13)14(18)8-11)21-9-10-2-1-3-12(6-10)24(19,22)23/h1-8H,9H2,(H,20,21)(H2,19,22,23). The molecule has 5 nitrogen and oxygen atoms in total. The van der Waals surface area contributed by atoms with Crippen LogP contribution in [-0.2, 0) is 16.6 Å². The molecule has 0 unspecified atom stereocenters. The topological polar surface area (TPSA) is 85.1 Å². The van der Waals surface area contributed by atoms with Crippen molar-refractivity contribution < 1.29 is 8.42 Å². The molecule has 0 atom stereocenters. The van der Waals surface area contributed by atoms with Crippen LogP contribution in [0.2, 0.25) is 5.02 Å². The van der Waals surface area contributed by atoms with Gasteiger partial charge < -0.3 is 5.32 Å². The Labute approximate surface area is 153 Å². The summed E-state index contributed by atoms with van der Waals surface area (Å²) in [6, 6.07) is 12.1. The van der Waals surface area contributed by atoms with E-state index in [4.69, 9.17) is 16.7 Å². The van der Waals surface area contributed by atoms with Crippen LogP contribution < -0.4 is 10.5 Å². The fourth-order valence-electron chi connectivity index (χ4n) is 2.36. The number of nitrogens with zero attached hydrogens (tertiary/aromatic N) is 1. The third kappa shape index (κ3) is 3.70. The molecule has 0 amide bonds. The lowest BCUT2D eigenvalue weighted by atomic mass is 10.1. The van der Waals surface area contributed by atoms with Crippen molar-refractivity contribution in [1.82, 2.24) is 4.98 Å². The average molecular weight is 427 g/mol. The number of aromatic nitrogens is 1. The Morgan fingerprint density at radius 2 is 2.00 bits per heavy atom. The number of rotatable bonds is 4. The number of fused-ring (bicyclic) bond motifs is 1. The van der Waals surface area contributed by atoms with Crippen molar-refractivity contribution in [2.45, 2.75) is 11.4 Å². The Morgan fingerprint density at radius 1 is 1.21 bits per heavy atom. The number of hydrogen-bond donors (Lipinski definition) is 2. The third-order valence-electron chi connectivity index (χ3n) is 3.47. The van der Waals surface area contributed by atoms with Gasteiger partial charge >= 0.3 is 0 Å². The van der Waals surface area contributed by atoms with E-state index in [0.717, 1.165) is 21.1 Å². The molecule has 0 aliphatic heterocycles. The number of primary sulfonamides is 1. The highest BCUT2D eigenvalue weighted by molar-refractivity contribution is 9.10. The maximum absolute atomic E-state index is 11.4. The second kappa shape index (κ2) is 6.68. The van der Waals surface area contributed by atoms with E-state index >= 15 is 0 Å². The van der Waals surface area contributed by atoms with Crippen LogP contribution in [-0.4, -0.2) is 13.4 Å². The molecule has 1 heterocycles. The van der Waals surface area contributed by atoms with Gasteiger partial charge in [-0.2, -0.15) is 0 Å². The van der Waals surface area contributed by atoms with E-state index in [1.54, 1.807) is 24.4 Å². The minimum Gasteiger partial charge on any atom is -0.380 e. The molecule has 24 heavy (non-hydrogen) atoms. The van der Waals surface area contributed by atoms with Gasteiger partial charge in [0.05, 0.1) is 15.4 Å². The second-order valence-electron chi connectivity index (χ2n) is 5.19. The Hall–Kier alpha value is -1.67. The van der Waals surface area contributed by atoms with Gasteiger partial charge in [-0.1, -0.05) is 39.7 Å². The van der Waals surface area contributed by atoms with Crippen molar-refractivity contribution >= 4 is 54.1 Å². The van der Waals surface area contributed by atoms with E-state index < -0.39 is 10.0 Å². The third-order valence-corrected chi connectivity index (χ3v) is 5.13. The molecule has 0 bridgehead atoms. The molecule has 2 aromatic carbocycles. The Bertz CT molecular complexity index is 1030. The predicted octanol–water partition coefficient (Wildman–Crippen LogP) is 3.91. The van der Waals surface area contributed by atoms with Gasteiger partial charge in [0.25, 0.3) is 0 Å². The van der Waals surface area contributed by atoms with Gasteiger partial charge in [-0.3, -0.25) is 4.98 Å². The lowest BCUT2D eigenvalue weighted by molar-refractivity contribution is 0.597. The fourth-order valence-corrected chi connectivity index (χ4v) is 3.80. The molecule has 0 radical (unpaired) electrons. The van der Waals surface area contributed by atoms with Gasteiger partial charge in [0.2, 0.25) is 10.0 Å². The molecule has 0 saturated heterocycles. The monoisotopic (exact) mass is 425 g/mol. The number of nitrogens with two attached hydrogens (primary N) is 1. The summed E-state index contributed by atoms with van der Waals surface area (Å²) in [4.78, 5) is 4.39. The molecule has 0 saturated carbocycles. The van der Waals surface area contributed by atoms with E-state index in [1.807, 2.05) is 18.2 Å². The summed E-state index contributed by atoms with van der Waals surface area (Å²) < 4.78 is 23.7. The summed E-state index contributed by atoms with van der Waals surface area (Å²) in [5.41, 5.74) is 2.35. The summed E-state index contributed by atoms with van der Waals surface area (Å²) in [6.45, 7) is 0.437. The zero-order chi connectivity index (χ0) is 17.3. The van der Waals surface area contributed by atoms with Gasteiger partial charge in [-0.25, -0.2) is 13.6 Å². The Kier molecular flexibility index (Phi) is 4.78. The van der Waals surface area contributed by atoms with Gasteiger partial charge in [-0.15, -0.1) is 0 Å². The molecule has 8 heteroatoms. The van der Waals surface area contributed by atoms with E-state index in [2.05, 4.69) is 26.2 Å². The molecule has 124 valence electrons. The second-order valence-corrected chi connectivity index (χ2v) is 8.07. The molecule has 1 aromatic heterocycles. The van der Waals surface area contributed by atoms with Gasteiger partial charge in [0.15, 0.2) is 0 Å². The first kappa shape index (κ1) is 17.2. The van der Waals surface area contributed by atoms with Crippen LogP contribution in [0.25, 0.3) is 10.9 Å². The highest BCUT2D eigenvalue weighted by Gasteiger charge is 2.09. The minimum atomic E-state index is -3.72. The predicted molar refractivity (Wildman–Crippen MR) is 99.6 cm³/mol. The molecule has 3 N–H and O–H groups in total. The van der Waals surface area contributed by atoms with Crippen molar-refractivity contribution in [2.24, 2.45) is 5.14 Å². The van der Waals surface area contributed by atoms with Crippen LogP contribution in [0, 0.1) is 0 Å². The van der Waals surface area contributed by atoms with Crippen molar-refractivity contribution in [3.05, 3.63) is 63.7 Å². The van der Waals surface area contributed by atoms with Crippen LogP contribution in [0.3, 0.4) is 0 Å². The average Bonchev–Trinajstić information content (AvgIpc) is 2.52. The summed E-state index contributed by atoms with van der Waals surface area (Å²) >= 11 is 9.65. The van der Waals surface area contributed by atoms with Crippen LogP contribution in [0.1, 0.15) is 5.56 Å². The lowest BCUT2D eigenvalue weighted by Gasteiger charge is -2.11. The van der Waals surface area contributed by atoms with Crippen LogP contribution >= 0.6 is 27.5 Å². The largest absolute Gasteiger partial charge is 0.380 e. The number of anilines is 1. The molecule has 0 spiro atoms. The highest BCUT2D eigenvalue weighted by Crippen LogP contribution is 2.31. The number of pyridine rings is 1. The Balaban J connectivity index is 1.92. The first-order valence-corrected chi connectivity index (χ1v) is 9.66. The first-order chi connectivity index (χ1) is 11.3. The van der Waals surface area contributed by atoms with Gasteiger partial charge in [0.1, 0.15) is 0 Å². The number of nitrogens with one attached hydrogen (secondary N) is 1. The van der Waals surface area contributed by atoms with Crippen molar-refractivity contribution in [3.8, 4) is 0 Å². The van der Waals surface area contributed by atoms with Crippen molar-refractivity contribution in [2.75, 3.05) is 5.32 Å². The van der Waals surface area contributed by atoms with Crippen molar-refractivity contribution in [1.29, 1.82) is 0 Å². The smallest absolute Gasteiger partial charge is 0.238 e. The van der Waals surface area contributed by atoms with Crippen molar-refractivity contribution in [3.63, 3.8) is 0 Å². The number of hydrogen-bond acceptors (Lipinski definition) is 4. The number of halogens is 2. The fraction of sp³-hybridized carbons (Fsp3) is 0.0625. The minimum absolute atomic E-state index is 0.0900. The van der Waals surface area contributed by atoms with E-state index in [1.165, 1.54) is 6.07 Å². The molecule has 3 rings (SSSR count). The summed E-state index contributed by atoms with van der Waals surface area (Å²) in [5.74, 6) is 0. The van der Waals surface area contributed by atoms with Crippen LogP contribution in [0.4, 0.5) is 5.69 Å². The number of sulfonamides is 1. The zero-order valence-electron chi connectivity index (χ0n) is 12.3. The normalized spacial score (nSPS) is 11.6. The first-order valence-electron chi connectivity index (χ1n) is 6.94. The van der Waals surface area contributed by atoms with Crippen LogP contribution in [0.15, 0.2) is 58.0 Å². The maximum Gasteiger partial charge on any atom is 0.238 e. The Morgan fingerprint density at radius 3 is 2.75 bits per heavy atom. The van der Waals surface area contributed by atoms with E-state index in [0.29, 0.717) is 17.1 Å². The molecule has 0 fully saturated rings. The molecular formula is C16H13BrClN3O2S. The molecular weight excluding hydrogens is 414 g/mol. The lowest BCUT2D eigenvalue weighted by Crippen LogP contribution is -2.12. The summed E-state index contributed by atoms with van der Waals surface area (Å²) in [5, 5.41) is 9.88. The summed E-state index contributed by atoms with van der Waals surface area (Å²) in [7, 11) is -3.72. The molecule has 0 aliphatic rings. The van der Waals surface area contributed by atoms with Crippen LogP contribution in [0.5, 0.6) is 0 Å². The maximum atomic E-state index is 11.4. The summed E-state index contributed by atoms with van der Waals surface area (Å²) in [6.07, 6.45) is 1.67. The molecule has 0 aliphatic carbocycles. The van der Waals surface area contributed by atoms with E-state index in [9.17, 15) is 8.42 Å². The quantitative estimate of drug-likeness (QED) is 0.662. The highest BCUT2D eigenvalue weighted by atomic mass is 79.9. The zero-order valence-corrected chi connectivity index (χ0v) is 15.5. The SMILES string of the molecule is NS(=O)(=O)c1cccc(CNc2ccnc3c(Cl)cc(Br)cc23)c1. The molecule has 3 aromatic rings. The number of benzene rings is 2. The van der Waals surface area contributed by atoms with E-state index in [-0.39, 0.29) is 4.90 Å².